The maximum Gasteiger partial charge on any atom is 0.229 e. The Morgan fingerprint density at radius 3 is 2.67 bits per heavy atom. The van der Waals surface area contributed by atoms with Crippen molar-refractivity contribution in [3.8, 4) is 6.07 Å². The Morgan fingerprint density at radius 2 is 2.11 bits per heavy atom. The van der Waals surface area contributed by atoms with E-state index in [9.17, 15) is 4.79 Å². The van der Waals surface area contributed by atoms with Crippen molar-refractivity contribution >= 4 is 11.6 Å². The lowest BCUT2D eigenvalue weighted by Gasteiger charge is -2.21. The molecule has 0 aromatic heterocycles. The van der Waals surface area contributed by atoms with Crippen molar-refractivity contribution in [2.75, 3.05) is 18.8 Å². The lowest BCUT2D eigenvalue weighted by Crippen LogP contribution is -2.31. The first-order valence-corrected chi connectivity index (χ1v) is 6.22. The summed E-state index contributed by atoms with van der Waals surface area (Å²) in [7, 11) is 0. The SMILES string of the molecule is CC(C(=O)N1CCCC1)c1ccc(C#N)cc1N. The van der Waals surface area contributed by atoms with Crippen LogP contribution in [0.3, 0.4) is 0 Å². The molecular formula is C14H17N3O. The zero-order valence-corrected chi connectivity index (χ0v) is 10.5. The van der Waals surface area contributed by atoms with Crippen LogP contribution in [0.25, 0.3) is 0 Å². The topological polar surface area (TPSA) is 70.1 Å². The minimum Gasteiger partial charge on any atom is -0.398 e. The Labute approximate surface area is 107 Å². The number of likely N-dealkylation sites (tertiary alicyclic amines) is 1. The van der Waals surface area contributed by atoms with Crippen LogP contribution < -0.4 is 5.73 Å². The fourth-order valence-corrected chi connectivity index (χ4v) is 2.38. The van der Waals surface area contributed by atoms with Crippen LogP contribution in [0, 0.1) is 11.3 Å². The van der Waals surface area contributed by atoms with Gasteiger partial charge in [-0.1, -0.05) is 6.07 Å². The summed E-state index contributed by atoms with van der Waals surface area (Å²) in [5.41, 5.74) is 7.77. The molecule has 0 saturated carbocycles. The molecule has 1 atom stereocenters. The van der Waals surface area contributed by atoms with Gasteiger partial charge in [0, 0.05) is 18.8 Å². The fourth-order valence-electron chi connectivity index (χ4n) is 2.38. The number of carbonyl (C=O) groups is 1. The Balaban J connectivity index is 2.20. The Hall–Kier alpha value is -2.02. The molecule has 1 aliphatic heterocycles. The summed E-state index contributed by atoms with van der Waals surface area (Å²) < 4.78 is 0. The number of amides is 1. The van der Waals surface area contributed by atoms with Crippen LogP contribution in [-0.4, -0.2) is 23.9 Å². The Kier molecular flexibility index (Phi) is 3.52. The zero-order chi connectivity index (χ0) is 13.1. The third kappa shape index (κ3) is 2.30. The molecule has 94 valence electrons. The van der Waals surface area contributed by atoms with E-state index in [2.05, 4.69) is 0 Å². The molecule has 18 heavy (non-hydrogen) atoms. The fraction of sp³-hybridized carbons (Fsp3) is 0.429. The van der Waals surface area contributed by atoms with Crippen LogP contribution in [0.2, 0.25) is 0 Å². The van der Waals surface area contributed by atoms with Crippen LogP contribution in [0.15, 0.2) is 18.2 Å². The maximum absolute atomic E-state index is 12.3. The number of carbonyl (C=O) groups excluding carboxylic acids is 1. The lowest BCUT2D eigenvalue weighted by atomic mass is 9.96. The summed E-state index contributed by atoms with van der Waals surface area (Å²) in [6.45, 7) is 3.57. The highest BCUT2D eigenvalue weighted by Crippen LogP contribution is 2.26. The molecule has 2 N–H and O–H groups in total. The van der Waals surface area contributed by atoms with Crippen LogP contribution in [0.1, 0.15) is 36.8 Å². The highest BCUT2D eigenvalue weighted by molar-refractivity contribution is 5.85. The van der Waals surface area contributed by atoms with E-state index in [1.807, 2.05) is 17.9 Å². The maximum atomic E-state index is 12.3. The number of hydrogen-bond donors (Lipinski definition) is 1. The van der Waals surface area contributed by atoms with Crippen molar-refractivity contribution < 1.29 is 4.79 Å². The molecular weight excluding hydrogens is 226 g/mol. The molecule has 1 amide bonds. The van der Waals surface area contributed by atoms with Gasteiger partial charge in [0.05, 0.1) is 17.6 Å². The molecule has 2 rings (SSSR count). The first-order valence-electron chi connectivity index (χ1n) is 6.22. The molecule has 0 aliphatic carbocycles. The van der Waals surface area contributed by atoms with Crippen LogP contribution in [-0.2, 0) is 4.79 Å². The largest absolute Gasteiger partial charge is 0.398 e. The van der Waals surface area contributed by atoms with Gasteiger partial charge in [0.1, 0.15) is 0 Å². The average Bonchev–Trinajstić information content (AvgIpc) is 2.90. The van der Waals surface area contributed by atoms with E-state index in [1.54, 1.807) is 18.2 Å². The second-order valence-corrected chi connectivity index (χ2v) is 4.71. The number of benzene rings is 1. The van der Waals surface area contributed by atoms with E-state index in [4.69, 9.17) is 11.0 Å². The third-order valence-corrected chi connectivity index (χ3v) is 3.47. The van der Waals surface area contributed by atoms with E-state index in [-0.39, 0.29) is 11.8 Å². The van der Waals surface area contributed by atoms with E-state index in [1.165, 1.54) is 0 Å². The molecule has 1 fully saturated rings. The second kappa shape index (κ2) is 5.09. The normalized spacial score (nSPS) is 16.3. The number of nitriles is 1. The molecule has 1 aliphatic rings. The lowest BCUT2D eigenvalue weighted by molar-refractivity contribution is -0.131. The first kappa shape index (κ1) is 12.4. The van der Waals surface area contributed by atoms with E-state index >= 15 is 0 Å². The van der Waals surface area contributed by atoms with Gasteiger partial charge in [-0.2, -0.15) is 5.26 Å². The van der Waals surface area contributed by atoms with Gasteiger partial charge in [0.25, 0.3) is 0 Å². The highest BCUT2D eigenvalue weighted by Gasteiger charge is 2.25. The van der Waals surface area contributed by atoms with Gasteiger partial charge in [0.15, 0.2) is 0 Å². The van der Waals surface area contributed by atoms with Gasteiger partial charge in [-0.3, -0.25) is 4.79 Å². The highest BCUT2D eigenvalue weighted by atomic mass is 16.2. The third-order valence-electron chi connectivity index (χ3n) is 3.47. The Bertz CT molecular complexity index is 498. The van der Waals surface area contributed by atoms with Crippen molar-refractivity contribution in [3.05, 3.63) is 29.3 Å². The van der Waals surface area contributed by atoms with Gasteiger partial charge < -0.3 is 10.6 Å². The first-order chi connectivity index (χ1) is 8.63. The number of anilines is 1. The molecule has 1 heterocycles. The summed E-state index contributed by atoms with van der Waals surface area (Å²) in [6.07, 6.45) is 2.17. The molecule has 1 aromatic rings. The monoisotopic (exact) mass is 243 g/mol. The number of nitrogen functional groups attached to an aromatic ring is 1. The molecule has 1 saturated heterocycles. The molecule has 4 heteroatoms. The predicted octanol–water partition coefficient (Wildman–Crippen LogP) is 1.87. The van der Waals surface area contributed by atoms with Gasteiger partial charge in [-0.15, -0.1) is 0 Å². The molecule has 4 nitrogen and oxygen atoms in total. The van der Waals surface area contributed by atoms with E-state index in [0.717, 1.165) is 31.5 Å². The van der Waals surface area contributed by atoms with Crippen molar-refractivity contribution in [2.45, 2.75) is 25.7 Å². The molecule has 0 radical (unpaired) electrons. The number of nitrogens with two attached hydrogens (primary N) is 1. The minimum absolute atomic E-state index is 0.129. The van der Waals surface area contributed by atoms with Crippen molar-refractivity contribution in [3.63, 3.8) is 0 Å². The smallest absolute Gasteiger partial charge is 0.229 e. The van der Waals surface area contributed by atoms with Crippen molar-refractivity contribution in [1.29, 1.82) is 5.26 Å². The van der Waals surface area contributed by atoms with Gasteiger partial charge in [0.2, 0.25) is 5.91 Å². The predicted molar refractivity (Wildman–Crippen MR) is 69.8 cm³/mol. The summed E-state index contributed by atoms with van der Waals surface area (Å²) in [5.74, 6) is -0.111. The van der Waals surface area contributed by atoms with E-state index in [0.29, 0.717) is 11.3 Å². The average molecular weight is 243 g/mol. The minimum atomic E-state index is -0.240. The van der Waals surface area contributed by atoms with Gasteiger partial charge in [-0.25, -0.2) is 0 Å². The van der Waals surface area contributed by atoms with E-state index < -0.39 is 0 Å². The Morgan fingerprint density at radius 1 is 1.44 bits per heavy atom. The van der Waals surface area contributed by atoms with Crippen LogP contribution in [0.4, 0.5) is 5.69 Å². The summed E-state index contributed by atoms with van der Waals surface area (Å²) in [4.78, 5) is 14.1. The summed E-state index contributed by atoms with van der Waals surface area (Å²) in [6, 6.07) is 7.16. The quantitative estimate of drug-likeness (QED) is 0.806. The van der Waals surface area contributed by atoms with Crippen molar-refractivity contribution in [1.82, 2.24) is 4.90 Å². The molecule has 0 bridgehead atoms. The number of rotatable bonds is 2. The molecule has 1 unspecified atom stereocenters. The second-order valence-electron chi connectivity index (χ2n) is 4.71. The zero-order valence-electron chi connectivity index (χ0n) is 10.5. The van der Waals surface area contributed by atoms with Crippen LogP contribution in [0.5, 0.6) is 0 Å². The van der Waals surface area contributed by atoms with Crippen molar-refractivity contribution in [2.24, 2.45) is 0 Å². The summed E-state index contributed by atoms with van der Waals surface area (Å²) in [5, 5.41) is 8.79. The molecule has 0 spiro atoms. The number of nitrogens with zero attached hydrogens (tertiary/aromatic N) is 2. The standard InChI is InChI=1S/C14H17N3O/c1-10(14(18)17-6-2-3-7-17)12-5-4-11(9-15)8-13(12)16/h4-5,8,10H,2-3,6-7,16H2,1H3. The number of hydrogen-bond acceptors (Lipinski definition) is 3. The molecule has 1 aromatic carbocycles. The van der Waals surface area contributed by atoms with Crippen LogP contribution >= 0.6 is 0 Å². The summed E-state index contributed by atoms with van der Waals surface area (Å²) >= 11 is 0. The van der Waals surface area contributed by atoms with Gasteiger partial charge >= 0.3 is 0 Å². The van der Waals surface area contributed by atoms with Gasteiger partial charge in [-0.05, 0) is 37.5 Å².